The highest BCUT2D eigenvalue weighted by Crippen LogP contribution is 2.14. The monoisotopic (exact) mass is 582 g/mol. The molecule has 12 heteroatoms. The van der Waals surface area contributed by atoms with Crippen LogP contribution in [0.5, 0.6) is 0 Å². The number of nitrogens with one attached hydrogen (secondary N) is 4. The Bertz CT molecular complexity index is 1480. The number of hydrogen-bond acceptors (Lipinski definition) is 8. The van der Waals surface area contributed by atoms with Crippen molar-refractivity contribution in [2.75, 3.05) is 10.6 Å². The van der Waals surface area contributed by atoms with E-state index in [9.17, 15) is 19.2 Å². The average Bonchev–Trinajstić information content (AvgIpc) is 3.75. The van der Waals surface area contributed by atoms with Crippen LogP contribution in [0.2, 0.25) is 0 Å². The quantitative estimate of drug-likeness (QED) is 0.136. The first-order valence-corrected chi connectivity index (χ1v) is 13.4. The maximum Gasteiger partial charge on any atom is 0.291 e. The number of anilines is 2. The molecule has 4 rings (SSSR count). The van der Waals surface area contributed by atoms with Gasteiger partial charge in [0.1, 0.15) is 0 Å². The summed E-state index contributed by atoms with van der Waals surface area (Å²) < 4.78 is 10.1. The summed E-state index contributed by atoms with van der Waals surface area (Å²) in [5, 5.41) is 13.7. The van der Waals surface area contributed by atoms with Crippen LogP contribution in [0.4, 0.5) is 11.4 Å². The van der Waals surface area contributed by atoms with Crippen molar-refractivity contribution in [3.05, 3.63) is 108 Å². The molecule has 0 aliphatic rings. The Morgan fingerprint density at radius 2 is 1.00 bits per heavy atom. The van der Waals surface area contributed by atoms with Gasteiger partial charge in [0.05, 0.1) is 23.9 Å². The van der Waals surface area contributed by atoms with E-state index in [0.29, 0.717) is 29.2 Å². The Morgan fingerprint density at radius 1 is 0.605 bits per heavy atom. The van der Waals surface area contributed by atoms with E-state index in [0.717, 1.165) is 11.1 Å². The molecule has 220 valence electrons. The molecule has 4 amide bonds. The first-order chi connectivity index (χ1) is 20.8. The maximum absolute atomic E-state index is 12.2. The summed E-state index contributed by atoms with van der Waals surface area (Å²) in [7, 11) is 0. The molecule has 0 unspecified atom stereocenters. The third-order valence-electron chi connectivity index (χ3n) is 6.12. The summed E-state index contributed by atoms with van der Waals surface area (Å²) >= 11 is 0. The minimum Gasteiger partial charge on any atom is -0.459 e. The molecule has 43 heavy (non-hydrogen) atoms. The van der Waals surface area contributed by atoms with E-state index in [2.05, 4.69) is 31.7 Å². The first kappa shape index (κ1) is 30.2. The maximum atomic E-state index is 12.2. The number of hydrazone groups is 2. The van der Waals surface area contributed by atoms with Gasteiger partial charge in [0.2, 0.25) is 11.8 Å². The number of carbonyl (C=O) groups is 4. The van der Waals surface area contributed by atoms with Crippen LogP contribution in [0.25, 0.3) is 0 Å². The van der Waals surface area contributed by atoms with Crippen LogP contribution in [-0.2, 0) is 9.59 Å². The summed E-state index contributed by atoms with van der Waals surface area (Å²) in [5.41, 5.74) is 8.84. The van der Waals surface area contributed by atoms with Gasteiger partial charge in [0, 0.05) is 24.2 Å². The van der Waals surface area contributed by atoms with Crippen LogP contribution in [-0.4, -0.2) is 35.1 Å². The Hall–Kier alpha value is -5.78. The zero-order chi connectivity index (χ0) is 30.6. The number of carbonyl (C=O) groups excluding carboxylic acids is 4. The Morgan fingerprint density at radius 3 is 1.35 bits per heavy atom. The lowest BCUT2D eigenvalue weighted by Gasteiger charge is -2.06. The predicted octanol–water partition coefficient (Wildman–Crippen LogP) is 4.93. The van der Waals surface area contributed by atoms with E-state index in [1.807, 2.05) is 0 Å². The van der Waals surface area contributed by atoms with Crippen molar-refractivity contribution in [3.63, 3.8) is 0 Å². The van der Waals surface area contributed by atoms with Gasteiger partial charge in [-0.1, -0.05) is 24.3 Å². The van der Waals surface area contributed by atoms with Gasteiger partial charge in [0.25, 0.3) is 11.8 Å². The molecule has 0 aliphatic carbocycles. The second-order valence-corrected chi connectivity index (χ2v) is 9.34. The Labute approximate surface area is 247 Å². The normalized spacial score (nSPS) is 11.5. The zero-order valence-corrected chi connectivity index (χ0v) is 23.5. The summed E-state index contributed by atoms with van der Waals surface area (Å²) in [6.45, 7) is 3.49. The van der Waals surface area contributed by atoms with E-state index in [4.69, 9.17) is 8.83 Å². The van der Waals surface area contributed by atoms with Gasteiger partial charge in [-0.2, -0.15) is 10.2 Å². The molecule has 0 fully saturated rings. The van der Waals surface area contributed by atoms with E-state index >= 15 is 0 Å². The van der Waals surface area contributed by atoms with Gasteiger partial charge in [-0.05, 0) is 79.9 Å². The standard InChI is InChI=1S/C31H30N6O6/c1-20(22-10-14-24(15-11-22)32-30(40)26-6-4-18-42-26)34-36-28(38)8-3-9-29(39)37-35-21(2)23-12-16-25(17-13-23)33-31(41)27-7-5-19-43-27/h4-7,10-19H,3,8-9H2,1-2H3,(H,32,40)(H,33,41)(H,36,38)(H,37,39)/b34-20+,35-21+. The molecule has 0 saturated carbocycles. The average molecular weight is 583 g/mol. The molecule has 0 aliphatic heterocycles. The second kappa shape index (κ2) is 14.7. The predicted molar refractivity (Wildman–Crippen MR) is 161 cm³/mol. The van der Waals surface area contributed by atoms with E-state index in [1.54, 1.807) is 86.6 Å². The van der Waals surface area contributed by atoms with Crippen molar-refractivity contribution in [3.8, 4) is 0 Å². The van der Waals surface area contributed by atoms with Crippen LogP contribution in [0.15, 0.2) is 104 Å². The Kier molecular flexibility index (Phi) is 10.3. The minimum atomic E-state index is -0.355. The highest BCUT2D eigenvalue weighted by atomic mass is 16.3. The molecule has 0 saturated heterocycles. The third kappa shape index (κ3) is 9.11. The number of hydrogen-bond donors (Lipinski definition) is 4. The molecule has 0 radical (unpaired) electrons. The number of furan rings is 2. The topological polar surface area (TPSA) is 167 Å². The van der Waals surface area contributed by atoms with Crippen molar-refractivity contribution in [2.24, 2.45) is 10.2 Å². The molecule has 2 aromatic carbocycles. The molecule has 12 nitrogen and oxygen atoms in total. The molecule has 4 N–H and O–H groups in total. The SMILES string of the molecule is C/C(=N\NC(=O)CCCC(=O)N/N=C(\C)c1ccc(NC(=O)c2ccco2)cc1)c1ccc(NC(=O)c2ccco2)cc1. The van der Waals surface area contributed by atoms with Crippen LogP contribution in [0, 0.1) is 0 Å². The van der Waals surface area contributed by atoms with E-state index in [-0.39, 0.29) is 48.0 Å². The molecule has 2 aromatic heterocycles. The van der Waals surface area contributed by atoms with Gasteiger partial charge in [-0.3, -0.25) is 19.2 Å². The lowest BCUT2D eigenvalue weighted by molar-refractivity contribution is -0.122. The number of rotatable bonds is 12. The van der Waals surface area contributed by atoms with Crippen LogP contribution in [0.3, 0.4) is 0 Å². The number of benzene rings is 2. The van der Waals surface area contributed by atoms with Gasteiger partial charge < -0.3 is 19.5 Å². The van der Waals surface area contributed by atoms with Gasteiger partial charge in [-0.15, -0.1) is 0 Å². The summed E-state index contributed by atoms with van der Waals surface area (Å²) in [6, 6.07) is 20.4. The molecule has 0 atom stereocenters. The van der Waals surface area contributed by atoms with Crippen molar-refractivity contribution in [1.82, 2.24) is 10.9 Å². The van der Waals surface area contributed by atoms with Crippen LogP contribution >= 0.6 is 0 Å². The molecule has 0 bridgehead atoms. The van der Waals surface area contributed by atoms with Crippen LogP contribution in [0.1, 0.15) is 65.3 Å². The fourth-order valence-electron chi connectivity index (χ4n) is 3.73. The van der Waals surface area contributed by atoms with Gasteiger partial charge in [-0.25, -0.2) is 10.9 Å². The summed E-state index contributed by atoms with van der Waals surface area (Å²) in [5.74, 6) is -0.940. The lowest BCUT2D eigenvalue weighted by atomic mass is 10.1. The summed E-state index contributed by atoms with van der Waals surface area (Å²) in [6.07, 6.45) is 3.38. The summed E-state index contributed by atoms with van der Waals surface area (Å²) in [4.78, 5) is 48.5. The molecule has 0 spiro atoms. The Balaban J connectivity index is 1.15. The first-order valence-electron chi connectivity index (χ1n) is 13.4. The third-order valence-corrected chi connectivity index (χ3v) is 6.12. The zero-order valence-electron chi connectivity index (χ0n) is 23.5. The van der Waals surface area contributed by atoms with E-state index in [1.165, 1.54) is 12.5 Å². The largest absolute Gasteiger partial charge is 0.459 e. The number of amides is 4. The smallest absolute Gasteiger partial charge is 0.291 e. The minimum absolute atomic E-state index is 0.107. The van der Waals surface area contributed by atoms with Crippen LogP contribution < -0.4 is 21.5 Å². The fourth-order valence-corrected chi connectivity index (χ4v) is 3.73. The molecule has 4 aromatic rings. The molecule has 2 heterocycles. The van der Waals surface area contributed by atoms with Crippen molar-refractivity contribution < 1.29 is 28.0 Å². The van der Waals surface area contributed by atoms with Gasteiger partial charge in [0.15, 0.2) is 11.5 Å². The highest BCUT2D eigenvalue weighted by Gasteiger charge is 2.11. The molecular formula is C31H30N6O6. The van der Waals surface area contributed by atoms with Crippen molar-refractivity contribution in [2.45, 2.75) is 33.1 Å². The highest BCUT2D eigenvalue weighted by molar-refractivity contribution is 6.04. The lowest BCUT2D eigenvalue weighted by Crippen LogP contribution is -2.22. The van der Waals surface area contributed by atoms with E-state index < -0.39 is 0 Å². The van der Waals surface area contributed by atoms with Gasteiger partial charge >= 0.3 is 0 Å². The second-order valence-electron chi connectivity index (χ2n) is 9.34. The fraction of sp³-hybridized carbons (Fsp3) is 0.161. The van der Waals surface area contributed by atoms with Crippen molar-refractivity contribution in [1.29, 1.82) is 0 Å². The van der Waals surface area contributed by atoms with Crippen molar-refractivity contribution >= 4 is 46.4 Å². The molecular weight excluding hydrogens is 552 g/mol. The number of nitrogens with zero attached hydrogens (tertiary/aromatic N) is 2.